The molecule has 1 fully saturated rings. The molecule has 0 spiro atoms. The monoisotopic (exact) mass is 546 g/mol. The highest BCUT2D eigenvalue weighted by atomic mass is 16.5. The number of rotatable bonds is 10. The highest BCUT2D eigenvalue weighted by Gasteiger charge is 2.23. The van der Waals surface area contributed by atoms with Crippen LogP contribution in [0, 0.1) is 0 Å². The summed E-state index contributed by atoms with van der Waals surface area (Å²) in [6.07, 6.45) is 1.01. The van der Waals surface area contributed by atoms with Gasteiger partial charge in [0.15, 0.2) is 0 Å². The van der Waals surface area contributed by atoms with Gasteiger partial charge in [-0.25, -0.2) is 4.98 Å². The van der Waals surface area contributed by atoms with E-state index in [1.165, 1.54) is 5.56 Å². The number of hydrogen-bond donors (Lipinski definition) is 2. The van der Waals surface area contributed by atoms with E-state index in [0.29, 0.717) is 17.9 Å². The summed E-state index contributed by atoms with van der Waals surface area (Å²) in [5, 5.41) is 13.5. The Morgan fingerprint density at radius 3 is 2.38 bits per heavy atom. The fourth-order valence-electron chi connectivity index (χ4n) is 4.69. The molecule has 2 N–H and O–H groups in total. The number of aliphatic hydroxyl groups is 1. The first-order valence-electron chi connectivity index (χ1n) is 14.0. The van der Waals surface area contributed by atoms with Gasteiger partial charge in [-0.3, -0.25) is 9.69 Å². The fourth-order valence-corrected chi connectivity index (χ4v) is 4.69. The summed E-state index contributed by atoms with van der Waals surface area (Å²) in [5.74, 6) is 1.41. The third-order valence-corrected chi connectivity index (χ3v) is 6.86. The predicted molar refractivity (Wildman–Crippen MR) is 159 cm³/mol. The van der Waals surface area contributed by atoms with Crippen molar-refractivity contribution in [2.75, 3.05) is 44.2 Å². The lowest BCUT2D eigenvalue weighted by molar-refractivity contribution is 0.0849. The highest BCUT2D eigenvalue weighted by molar-refractivity contribution is 5.96. The van der Waals surface area contributed by atoms with Crippen molar-refractivity contribution < 1.29 is 19.4 Å². The number of carbonyl (C=O) groups excluding carboxylic acids is 1. The average molecular weight is 547 g/mol. The smallest absolute Gasteiger partial charge is 0.256 e. The Hall–Kier alpha value is -3.62. The number of nitrogens with one attached hydrogen (secondary N) is 1. The number of aliphatic hydroxyl groups excluding tert-OH is 1. The van der Waals surface area contributed by atoms with Crippen LogP contribution in [0.5, 0.6) is 17.4 Å². The Labute approximate surface area is 237 Å². The van der Waals surface area contributed by atoms with Crippen LogP contribution >= 0.6 is 0 Å². The molecule has 1 aromatic heterocycles. The number of pyridine rings is 1. The maximum absolute atomic E-state index is 13.0. The molecule has 0 saturated carbocycles. The van der Waals surface area contributed by atoms with Gasteiger partial charge in [-0.2, -0.15) is 0 Å². The number of para-hydroxylation sites is 2. The molecule has 2 heterocycles. The van der Waals surface area contributed by atoms with Gasteiger partial charge < -0.3 is 24.8 Å². The van der Waals surface area contributed by atoms with Gasteiger partial charge >= 0.3 is 0 Å². The molecule has 1 amide bonds. The number of hydrogen-bond acceptors (Lipinski definition) is 7. The van der Waals surface area contributed by atoms with Crippen molar-refractivity contribution in [3.05, 3.63) is 78.0 Å². The van der Waals surface area contributed by atoms with E-state index >= 15 is 0 Å². The molecule has 3 aromatic rings. The van der Waals surface area contributed by atoms with Crippen LogP contribution in [0.4, 0.5) is 5.69 Å². The zero-order chi connectivity index (χ0) is 28.7. The first-order valence-corrected chi connectivity index (χ1v) is 14.0. The molecule has 1 aliphatic rings. The molecule has 2 aromatic carbocycles. The van der Waals surface area contributed by atoms with Crippen LogP contribution in [0.15, 0.2) is 66.9 Å². The Morgan fingerprint density at radius 1 is 1.00 bits per heavy atom. The normalized spacial score (nSPS) is 15.1. The number of benzene rings is 2. The van der Waals surface area contributed by atoms with Crippen LogP contribution < -0.4 is 19.7 Å². The summed E-state index contributed by atoms with van der Waals surface area (Å²) in [7, 11) is 0. The second-order valence-corrected chi connectivity index (χ2v) is 11.5. The predicted octanol–water partition coefficient (Wildman–Crippen LogP) is 4.87. The highest BCUT2D eigenvalue weighted by Crippen LogP contribution is 2.30. The van der Waals surface area contributed by atoms with E-state index < -0.39 is 6.10 Å². The van der Waals surface area contributed by atoms with Crippen LogP contribution in [0.25, 0.3) is 0 Å². The van der Waals surface area contributed by atoms with Gasteiger partial charge in [0.25, 0.3) is 5.91 Å². The van der Waals surface area contributed by atoms with E-state index in [9.17, 15) is 9.90 Å². The first kappa shape index (κ1) is 29.4. The minimum absolute atomic E-state index is 0.0385. The molecule has 4 rings (SSSR count). The van der Waals surface area contributed by atoms with Gasteiger partial charge in [0.1, 0.15) is 17.1 Å². The summed E-state index contributed by atoms with van der Waals surface area (Å²) in [6, 6.07) is 19.3. The Kier molecular flexibility index (Phi) is 9.66. The molecule has 0 radical (unpaired) electrons. The molecular weight excluding hydrogens is 504 g/mol. The minimum Gasteiger partial charge on any atom is -0.489 e. The maximum Gasteiger partial charge on any atom is 0.256 e. The van der Waals surface area contributed by atoms with Gasteiger partial charge in [-0.05, 0) is 61.2 Å². The molecule has 0 aliphatic carbocycles. The molecule has 1 unspecified atom stereocenters. The van der Waals surface area contributed by atoms with Crippen molar-refractivity contribution >= 4 is 11.6 Å². The van der Waals surface area contributed by atoms with Crippen LogP contribution in [-0.2, 0) is 5.41 Å². The van der Waals surface area contributed by atoms with Crippen molar-refractivity contribution in [3.63, 3.8) is 0 Å². The average Bonchev–Trinajstić information content (AvgIpc) is 2.92. The van der Waals surface area contributed by atoms with Crippen molar-refractivity contribution in [2.24, 2.45) is 0 Å². The number of carbonyl (C=O) groups is 1. The van der Waals surface area contributed by atoms with Crippen LogP contribution in [-0.4, -0.2) is 72.4 Å². The number of amides is 1. The zero-order valence-electron chi connectivity index (χ0n) is 24.3. The van der Waals surface area contributed by atoms with Crippen molar-refractivity contribution in [3.8, 4) is 17.4 Å². The maximum atomic E-state index is 13.0. The number of aromatic nitrogens is 1. The summed E-state index contributed by atoms with van der Waals surface area (Å²) in [6.45, 7) is 14.4. The van der Waals surface area contributed by atoms with Crippen LogP contribution in [0.1, 0.15) is 50.5 Å². The lowest BCUT2D eigenvalue weighted by atomic mass is 9.87. The van der Waals surface area contributed by atoms with Gasteiger partial charge in [0, 0.05) is 45.5 Å². The third-order valence-electron chi connectivity index (χ3n) is 6.86. The number of piperazine rings is 1. The SMILES string of the molecule is CC(C)Oc1ccccc1N1CCN(CC(O)CNC(=O)c2cccnc2Oc2ccc(C(C)(C)C)cc2)CC1. The van der Waals surface area contributed by atoms with E-state index in [4.69, 9.17) is 9.47 Å². The molecule has 8 heteroatoms. The molecule has 1 aliphatic heterocycles. The molecule has 1 saturated heterocycles. The summed E-state index contributed by atoms with van der Waals surface area (Å²) in [5.41, 5.74) is 2.66. The fraction of sp³-hybridized carbons (Fsp3) is 0.438. The van der Waals surface area contributed by atoms with Crippen LogP contribution in [0.2, 0.25) is 0 Å². The second kappa shape index (κ2) is 13.2. The van der Waals surface area contributed by atoms with E-state index in [-0.39, 0.29) is 29.9 Å². The summed E-state index contributed by atoms with van der Waals surface area (Å²) < 4.78 is 11.9. The number of β-amino-alcohol motifs (C(OH)–C–C–N with tert-alkyl or cyclic N) is 1. The van der Waals surface area contributed by atoms with Crippen LogP contribution in [0.3, 0.4) is 0 Å². The number of nitrogens with zero attached hydrogens (tertiary/aromatic N) is 3. The molecule has 1 atom stereocenters. The Bertz CT molecular complexity index is 1250. The molecule has 40 heavy (non-hydrogen) atoms. The molecular formula is C32H42N4O4. The third kappa shape index (κ3) is 7.96. The zero-order valence-corrected chi connectivity index (χ0v) is 24.3. The lowest BCUT2D eigenvalue weighted by Gasteiger charge is -2.37. The molecule has 0 bridgehead atoms. The molecule has 214 valence electrons. The second-order valence-electron chi connectivity index (χ2n) is 11.5. The van der Waals surface area contributed by atoms with Gasteiger partial charge in [0.05, 0.1) is 17.9 Å². The lowest BCUT2D eigenvalue weighted by Crippen LogP contribution is -2.50. The van der Waals surface area contributed by atoms with Crippen molar-refractivity contribution in [2.45, 2.75) is 52.2 Å². The minimum atomic E-state index is -0.696. The van der Waals surface area contributed by atoms with E-state index in [1.807, 2.05) is 56.3 Å². The topological polar surface area (TPSA) is 87.2 Å². The number of anilines is 1. The largest absolute Gasteiger partial charge is 0.489 e. The molecule has 8 nitrogen and oxygen atoms in total. The van der Waals surface area contributed by atoms with Crippen molar-refractivity contribution in [1.29, 1.82) is 0 Å². The van der Waals surface area contributed by atoms with E-state index in [2.05, 4.69) is 46.9 Å². The van der Waals surface area contributed by atoms with E-state index in [1.54, 1.807) is 18.3 Å². The number of ether oxygens (including phenoxy) is 2. The Balaban J connectivity index is 1.27. The standard InChI is InChI=1S/C32H42N4O4/c1-23(2)39-29-11-7-6-10-28(29)36-19-17-35(18-20-36)22-25(37)21-34-30(38)27-9-8-16-33-31(27)40-26-14-12-24(13-15-26)32(3,4)5/h6-16,23,25,37H,17-22H2,1-5H3,(H,34,38). The quantitative estimate of drug-likeness (QED) is 0.375. The summed E-state index contributed by atoms with van der Waals surface area (Å²) >= 11 is 0. The van der Waals surface area contributed by atoms with Gasteiger partial charge in [-0.1, -0.05) is 45.0 Å². The summed E-state index contributed by atoms with van der Waals surface area (Å²) in [4.78, 5) is 21.8. The Morgan fingerprint density at radius 2 is 1.70 bits per heavy atom. The van der Waals surface area contributed by atoms with Gasteiger partial charge in [-0.15, -0.1) is 0 Å². The van der Waals surface area contributed by atoms with E-state index in [0.717, 1.165) is 37.6 Å². The van der Waals surface area contributed by atoms with Crippen molar-refractivity contribution in [1.82, 2.24) is 15.2 Å². The first-order chi connectivity index (χ1) is 19.1. The van der Waals surface area contributed by atoms with Gasteiger partial charge in [0.2, 0.25) is 5.88 Å².